The number of halogens is 4. The molecule has 0 unspecified atom stereocenters. The van der Waals surface area contributed by atoms with E-state index in [9.17, 15) is 13.2 Å². The Kier molecular flexibility index (Phi) is 5.31. The average Bonchev–Trinajstić information content (AvgIpc) is 2.29. The molecule has 1 aromatic carbocycles. The summed E-state index contributed by atoms with van der Waals surface area (Å²) in [5.74, 6) is 0. The first-order valence-electron chi connectivity index (χ1n) is 5.47. The van der Waals surface area contributed by atoms with Crippen LogP contribution in [0.1, 0.15) is 18.9 Å². The Morgan fingerprint density at radius 2 is 1.76 bits per heavy atom. The minimum atomic E-state index is -4.26. The van der Waals surface area contributed by atoms with Gasteiger partial charge in [-0.3, -0.25) is 0 Å². The molecule has 96 valence electrons. The lowest BCUT2D eigenvalue weighted by Gasteiger charge is -2.23. The maximum atomic E-state index is 12.4. The van der Waals surface area contributed by atoms with E-state index in [1.807, 2.05) is 6.92 Å². The molecule has 0 saturated carbocycles. The fraction of sp³-hybridized carbons (Fsp3) is 0.500. The van der Waals surface area contributed by atoms with Gasteiger partial charge in [0.15, 0.2) is 0 Å². The molecular weight excluding hydrogens is 295 g/mol. The van der Waals surface area contributed by atoms with Crippen molar-refractivity contribution in [1.82, 2.24) is 0 Å². The molecule has 0 bridgehead atoms. The van der Waals surface area contributed by atoms with E-state index in [2.05, 4.69) is 20.8 Å². The average molecular weight is 310 g/mol. The molecule has 0 amide bonds. The van der Waals surface area contributed by atoms with Crippen LogP contribution in [0.25, 0.3) is 0 Å². The molecule has 1 aromatic rings. The fourth-order valence-corrected chi connectivity index (χ4v) is 1.83. The highest BCUT2D eigenvalue weighted by Gasteiger charge is 2.30. The molecule has 0 fully saturated rings. The number of hydrogen-bond acceptors (Lipinski definition) is 1. The van der Waals surface area contributed by atoms with Gasteiger partial charge in [0, 0.05) is 24.1 Å². The van der Waals surface area contributed by atoms with E-state index in [4.69, 9.17) is 0 Å². The molecule has 17 heavy (non-hydrogen) atoms. The molecule has 0 radical (unpaired) electrons. The third-order valence-corrected chi connectivity index (χ3v) is 3.06. The predicted molar refractivity (Wildman–Crippen MR) is 67.7 cm³/mol. The summed E-state index contributed by atoms with van der Waals surface area (Å²) >= 11 is 3.34. The van der Waals surface area contributed by atoms with Gasteiger partial charge in [-0.25, -0.2) is 0 Å². The lowest BCUT2D eigenvalue weighted by molar-refractivity contribution is -0.137. The van der Waals surface area contributed by atoms with Crippen LogP contribution in [0.15, 0.2) is 24.3 Å². The topological polar surface area (TPSA) is 3.24 Å². The minimum Gasteiger partial charge on any atom is -0.372 e. The molecular formula is C12H15BrF3N. The number of rotatable bonds is 5. The van der Waals surface area contributed by atoms with Crippen LogP contribution in [-0.4, -0.2) is 18.4 Å². The van der Waals surface area contributed by atoms with Gasteiger partial charge in [-0.15, -0.1) is 0 Å². The van der Waals surface area contributed by atoms with E-state index in [0.29, 0.717) is 0 Å². The molecule has 1 nitrogen and oxygen atoms in total. The number of nitrogens with zero attached hydrogens (tertiary/aromatic N) is 1. The molecule has 0 aliphatic rings. The number of anilines is 1. The van der Waals surface area contributed by atoms with E-state index in [1.54, 1.807) is 0 Å². The monoisotopic (exact) mass is 309 g/mol. The smallest absolute Gasteiger partial charge is 0.372 e. The van der Waals surface area contributed by atoms with Crippen molar-refractivity contribution in [3.05, 3.63) is 29.8 Å². The summed E-state index contributed by atoms with van der Waals surface area (Å²) in [5, 5.41) is 0.893. The number of alkyl halides is 4. The Labute approximate surface area is 108 Å². The van der Waals surface area contributed by atoms with Crippen molar-refractivity contribution in [3.63, 3.8) is 0 Å². The first-order valence-corrected chi connectivity index (χ1v) is 6.59. The fourth-order valence-electron chi connectivity index (χ4n) is 1.58. The van der Waals surface area contributed by atoms with Gasteiger partial charge in [0.25, 0.3) is 0 Å². The van der Waals surface area contributed by atoms with Gasteiger partial charge in [-0.1, -0.05) is 15.9 Å². The van der Waals surface area contributed by atoms with Crippen LogP contribution < -0.4 is 4.90 Å². The van der Waals surface area contributed by atoms with Crippen molar-refractivity contribution in [2.75, 3.05) is 23.3 Å². The van der Waals surface area contributed by atoms with Gasteiger partial charge in [-0.2, -0.15) is 13.2 Å². The molecule has 0 aliphatic carbocycles. The van der Waals surface area contributed by atoms with E-state index in [1.165, 1.54) is 12.1 Å². The molecule has 0 N–H and O–H groups in total. The first-order chi connectivity index (χ1) is 7.99. The Balaban J connectivity index is 2.78. The maximum Gasteiger partial charge on any atom is 0.416 e. The highest BCUT2D eigenvalue weighted by molar-refractivity contribution is 9.09. The number of benzene rings is 1. The van der Waals surface area contributed by atoms with Crippen molar-refractivity contribution in [3.8, 4) is 0 Å². The molecule has 0 atom stereocenters. The second-order valence-electron chi connectivity index (χ2n) is 3.67. The summed E-state index contributed by atoms with van der Waals surface area (Å²) < 4.78 is 37.2. The van der Waals surface area contributed by atoms with E-state index in [-0.39, 0.29) is 0 Å². The molecule has 0 saturated heterocycles. The van der Waals surface area contributed by atoms with Gasteiger partial charge in [-0.05, 0) is 37.6 Å². The Bertz CT molecular complexity index is 335. The van der Waals surface area contributed by atoms with Gasteiger partial charge in [0.2, 0.25) is 0 Å². The lowest BCUT2D eigenvalue weighted by atomic mass is 10.2. The summed E-state index contributed by atoms with van der Waals surface area (Å²) in [5.41, 5.74) is 0.235. The van der Waals surface area contributed by atoms with Crippen LogP contribution in [0.3, 0.4) is 0 Å². The predicted octanol–water partition coefficient (Wildman–Crippen LogP) is 4.32. The zero-order valence-corrected chi connectivity index (χ0v) is 11.2. The maximum absolute atomic E-state index is 12.4. The highest BCUT2D eigenvalue weighted by Crippen LogP contribution is 2.30. The summed E-state index contributed by atoms with van der Waals surface area (Å²) in [7, 11) is 0. The van der Waals surface area contributed by atoms with Crippen molar-refractivity contribution >= 4 is 21.6 Å². The van der Waals surface area contributed by atoms with Crippen LogP contribution in [0, 0.1) is 0 Å². The van der Waals surface area contributed by atoms with Crippen LogP contribution in [-0.2, 0) is 6.18 Å². The lowest BCUT2D eigenvalue weighted by Crippen LogP contribution is -2.24. The van der Waals surface area contributed by atoms with Crippen LogP contribution in [0.4, 0.5) is 18.9 Å². The SMILES string of the molecule is CCN(CCCBr)c1ccc(C(F)(F)F)cc1. The van der Waals surface area contributed by atoms with Crippen LogP contribution in [0.5, 0.6) is 0 Å². The Hall–Kier alpha value is -0.710. The second kappa shape index (κ2) is 6.28. The summed E-state index contributed by atoms with van der Waals surface area (Å²) in [6.07, 6.45) is -3.29. The van der Waals surface area contributed by atoms with Crippen molar-refractivity contribution in [1.29, 1.82) is 0 Å². The van der Waals surface area contributed by atoms with E-state index in [0.717, 1.165) is 42.7 Å². The standard InChI is InChI=1S/C12H15BrF3N/c1-2-17(9-3-8-13)11-6-4-10(5-7-11)12(14,15)16/h4-7H,2-3,8-9H2,1H3. The zero-order chi connectivity index (χ0) is 12.9. The molecule has 0 aromatic heterocycles. The zero-order valence-electron chi connectivity index (χ0n) is 9.60. The first kappa shape index (κ1) is 14.4. The van der Waals surface area contributed by atoms with Gasteiger partial charge in [0.1, 0.15) is 0 Å². The normalized spacial score (nSPS) is 11.6. The van der Waals surface area contributed by atoms with E-state index >= 15 is 0 Å². The van der Waals surface area contributed by atoms with Gasteiger partial charge < -0.3 is 4.90 Å². The Morgan fingerprint density at radius 3 is 2.18 bits per heavy atom. The second-order valence-corrected chi connectivity index (χ2v) is 4.46. The third kappa shape index (κ3) is 4.22. The van der Waals surface area contributed by atoms with E-state index < -0.39 is 11.7 Å². The quantitative estimate of drug-likeness (QED) is 0.732. The molecule has 0 spiro atoms. The summed E-state index contributed by atoms with van der Waals surface area (Å²) in [6, 6.07) is 5.32. The van der Waals surface area contributed by atoms with Crippen LogP contribution in [0.2, 0.25) is 0 Å². The van der Waals surface area contributed by atoms with Gasteiger partial charge >= 0.3 is 6.18 Å². The van der Waals surface area contributed by atoms with Gasteiger partial charge in [0.05, 0.1) is 5.56 Å². The largest absolute Gasteiger partial charge is 0.416 e. The molecule has 0 aliphatic heterocycles. The third-order valence-electron chi connectivity index (χ3n) is 2.50. The summed E-state index contributed by atoms with van der Waals surface area (Å²) in [4.78, 5) is 2.06. The highest BCUT2D eigenvalue weighted by atomic mass is 79.9. The minimum absolute atomic E-state index is 0.599. The van der Waals surface area contributed by atoms with Crippen molar-refractivity contribution < 1.29 is 13.2 Å². The summed E-state index contributed by atoms with van der Waals surface area (Å²) in [6.45, 7) is 3.62. The molecule has 5 heteroatoms. The number of hydrogen-bond donors (Lipinski definition) is 0. The van der Waals surface area contributed by atoms with Crippen LogP contribution >= 0.6 is 15.9 Å². The van der Waals surface area contributed by atoms with Crippen molar-refractivity contribution in [2.24, 2.45) is 0 Å². The van der Waals surface area contributed by atoms with Crippen molar-refractivity contribution in [2.45, 2.75) is 19.5 Å². The Morgan fingerprint density at radius 1 is 1.18 bits per heavy atom. The molecule has 0 heterocycles. The molecule has 1 rings (SSSR count).